The van der Waals surface area contributed by atoms with Crippen molar-refractivity contribution in [3.63, 3.8) is 0 Å². The van der Waals surface area contributed by atoms with Crippen LogP contribution in [0.4, 0.5) is 11.8 Å². The standard InChI is InChI=1S/C17H23N5.2ClH/c1-11-4-2-3-5-12(11)6-7-20-16-10-15(21-17(19)22-16)13-8-14(18)9-13;;/h2-5,10,13-14H,6-9,18H2,1H3,(H3,19,20,21,22);2*1H. The number of benzene rings is 1. The summed E-state index contributed by atoms with van der Waals surface area (Å²) >= 11 is 0. The average molecular weight is 370 g/mol. The molecule has 0 amide bonds. The molecule has 0 radical (unpaired) electrons. The quantitative estimate of drug-likeness (QED) is 0.753. The number of nitrogens with zero attached hydrogens (tertiary/aromatic N) is 2. The van der Waals surface area contributed by atoms with Crippen molar-refractivity contribution in [3.05, 3.63) is 47.2 Å². The van der Waals surface area contributed by atoms with Gasteiger partial charge in [0.2, 0.25) is 5.95 Å². The molecular formula is C17H25Cl2N5. The molecule has 24 heavy (non-hydrogen) atoms. The number of hydrogen-bond donors (Lipinski definition) is 3. The van der Waals surface area contributed by atoms with Crippen molar-refractivity contribution in [1.29, 1.82) is 0 Å². The first kappa shape index (κ1) is 20.5. The summed E-state index contributed by atoms with van der Waals surface area (Å²) in [6, 6.07) is 10.7. The molecule has 5 N–H and O–H groups in total. The van der Waals surface area contributed by atoms with E-state index in [0.29, 0.717) is 17.9 Å². The molecular weight excluding hydrogens is 345 g/mol. The topological polar surface area (TPSA) is 89.8 Å². The first-order valence-electron chi connectivity index (χ1n) is 7.80. The van der Waals surface area contributed by atoms with Crippen molar-refractivity contribution >= 4 is 36.6 Å². The summed E-state index contributed by atoms with van der Waals surface area (Å²) in [6.07, 6.45) is 2.93. The van der Waals surface area contributed by atoms with E-state index in [0.717, 1.165) is 37.3 Å². The number of aromatic nitrogens is 2. The Bertz CT molecular complexity index is 659. The highest BCUT2D eigenvalue weighted by atomic mass is 35.5. The molecule has 0 aliphatic heterocycles. The van der Waals surface area contributed by atoms with E-state index in [2.05, 4.69) is 46.5 Å². The number of nitrogen functional groups attached to an aromatic ring is 1. The first-order valence-corrected chi connectivity index (χ1v) is 7.80. The number of nitrogens with one attached hydrogen (secondary N) is 1. The van der Waals surface area contributed by atoms with Gasteiger partial charge in [0.25, 0.3) is 0 Å². The summed E-state index contributed by atoms with van der Waals surface area (Å²) in [5, 5.41) is 3.35. The van der Waals surface area contributed by atoms with Gasteiger partial charge in [0.05, 0.1) is 5.69 Å². The number of hydrogen-bond acceptors (Lipinski definition) is 5. The van der Waals surface area contributed by atoms with Crippen molar-refractivity contribution < 1.29 is 0 Å². The molecule has 1 aliphatic carbocycles. The van der Waals surface area contributed by atoms with Crippen LogP contribution in [0.3, 0.4) is 0 Å². The molecule has 0 unspecified atom stereocenters. The predicted octanol–water partition coefficient (Wildman–Crippen LogP) is 3.07. The van der Waals surface area contributed by atoms with E-state index in [1.807, 2.05) is 6.07 Å². The molecule has 3 rings (SSSR count). The number of aryl methyl sites for hydroxylation is 1. The van der Waals surface area contributed by atoms with Gasteiger partial charge in [0.1, 0.15) is 5.82 Å². The minimum absolute atomic E-state index is 0. The van der Waals surface area contributed by atoms with Gasteiger partial charge in [-0.25, -0.2) is 4.98 Å². The highest BCUT2D eigenvalue weighted by molar-refractivity contribution is 5.85. The van der Waals surface area contributed by atoms with Crippen LogP contribution in [0.2, 0.25) is 0 Å². The zero-order valence-corrected chi connectivity index (χ0v) is 15.4. The van der Waals surface area contributed by atoms with Crippen LogP contribution in [0.5, 0.6) is 0 Å². The van der Waals surface area contributed by atoms with Gasteiger partial charge in [-0.2, -0.15) is 4.98 Å². The van der Waals surface area contributed by atoms with Crippen molar-refractivity contribution in [2.75, 3.05) is 17.6 Å². The average Bonchev–Trinajstić information content (AvgIpc) is 2.45. The Morgan fingerprint density at radius 3 is 2.54 bits per heavy atom. The van der Waals surface area contributed by atoms with E-state index in [-0.39, 0.29) is 24.8 Å². The fourth-order valence-corrected chi connectivity index (χ4v) is 2.90. The van der Waals surface area contributed by atoms with Crippen LogP contribution in [0.1, 0.15) is 35.6 Å². The van der Waals surface area contributed by atoms with E-state index >= 15 is 0 Å². The maximum atomic E-state index is 5.85. The Balaban J connectivity index is 0.00000144. The van der Waals surface area contributed by atoms with Gasteiger partial charge in [-0.1, -0.05) is 24.3 Å². The fraction of sp³-hybridized carbons (Fsp3) is 0.412. The van der Waals surface area contributed by atoms with Crippen molar-refractivity contribution in [2.24, 2.45) is 5.73 Å². The molecule has 7 heteroatoms. The smallest absolute Gasteiger partial charge is 0.222 e. The Kier molecular flexibility index (Phi) is 7.73. The third-order valence-electron chi connectivity index (χ3n) is 4.32. The fourth-order valence-electron chi connectivity index (χ4n) is 2.90. The summed E-state index contributed by atoms with van der Waals surface area (Å²) < 4.78 is 0. The summed E-state index contributed by atoms with van der Waals surface area (Å²) in [5.41, 5.74) is 15.3. The molecule has 0 bridgehead atoms. The molecule has 5 nitrogen and oxygen atoms in total. The van der Waals surface area contributed by atoms with Crippen molar-refractivity contribution in [1.82, 2.24) is 9.97 Å². The van der Waals surface area contributed by atoms with Crippen LogP contribution in [0.25, 0.3) is 0 Å². The van der Waals surface area contributed by atoms with E-state index in [4.69, 9.17) is 11.5 Å². The highest BCUT2D eigenvalue weighted by Crippen LogP contribution is 2.35. The lowest BCUT2D eigenvalue weighted by atomic mass is 9.78. The first-order chi connectivity index (χ1) is 10.6. The maximum Gasteiger partial charge on any atom is 0.222 e. The molecule has 1 aliphatic rings. The second-order valence-corrected chi connectivity index (χ2v) is 6.07. The Hall–Kier alpha value is -1.56. The Morgan fingerprint density at radius 2 is 1.88 bits per heavy atom. The van der Waals surface area contributed by atoms with E-state index in [9.17, 15) is 0 Å². The third-order valence-corrected chi connectivity index (χ3v) is 4.32. The van der Waals surface area contributed by atoms with Gasteiger partial charge >= 0.3 is 0 Å². The minimum Gasteiger partial charge on any atom is -0.370 e. The Morgan fingerprint density at radius 1 is 1.17 bits per heavy atom. The van der Waals surface area contributed by atoms with Crippen LogP contribution in [-0.2, 0) is 6.42 Å². The number of anilines is 2. The molecule has 0 spiro atoms. The van der Waals surface area contributed by atoms with Crippen LogP contribution in [0.15, 0.2) is 30.3 Å². The van der Waals surface area contributed by atoms with Gasteiger partial charge < -0.3 is 16.8 Å². The summed E-state index contributed by atoms with van der Waals surface area (Å²) in [5.74, 6) is 1.56. The van der Waals surface area contributed by atoms with E-state index in [1.54, 1.807) is 0 Å². The molecule has 1 heterocycles. The summed E-state index contributed by atoms with van der Waals surface area (Å²) in [6.45, 7) is 2.96. The van der Waals surface area contributed by atoms with Crippen LogP contribution in [0, 0.1) is 6.92 Å². The second kappa shape index (κ2) is 9.06. The van der Waals surface area contributed by atoms with E-state index < -0.39 is 0 Å². The van der Waals surface area contributed by atoms with Crippen molar-refractivity contribution in [3.8, 4) is 0 Å². The normalized spacial score (nSPS) is 18.8. The SMILES string of the molecule is Cc1ccccc1CCNc1cc(C2CC(N)C2)nc(N)n1.Cl.Cl. The van der Waals surface area contributed by atoms with Gasteiger partial charge in [-0.15, -0.1) is 24.8 Å². The number of nitrogens with two attached hydrogens (primary N) is 2. The summed E-state index contributed by atoms with van der Waals surface area (Å²) in [7, 11) is 0. The molecule has 0 saturated heterocycles. The second-order valence-electron chi connectivity index (χ2n) is 6.07. The number of halogens is 2. The summed E-state index contributed by atoms with van der Waals surface area (Å²) in [4.78, 5) is 8.61. The predicted molar refractivity (Wildman–Crippen MR) is 104 cm³/mol. The van der Waals surface area contributed by atoms with Crippen molar-refractivity contribution in [2.45, 2.75) is 38.1 Å². The molecule has 1 aromatic heterocycles. The van der Waals surface area contributed by atoms with Crippen LogP contribution in [-0.4, -0.2) is 22.6 Å². The maximum absolute atomic E-state index is 5.85. The molecule has 132 valence electrons. The van der Waals surface area contributed by atoms with Gasteiger partial charge in [0.15, 0.2) is 0 Å². The zero-order chi connectivity index (χ0) is 15.5. The molecule has 2 aromatic rings. The number of rotatable bonds is 5. The third kappa shape index (κ3) is 4.97. The van der Waals surface area contributed by atoms with Gasteiger partial charge in [0, 0.05) is 24.6 Å². The lowest BCUT2D eigenvalue weighted by Gasteiger charge is -2.32. The van der Waals surface area contributed by atoms with Gasteiger partial charge in [-0.05, 0) is 37.3 Å². The molecule has 1 saturated carbocycles. The lowest BCUT2D eigenvalue weighted by molar-refractivity contribution is 0.345. The zero-order valence-electron chi connectivity index (χ0n) is 13.7. The molecule has 0 atom stereocenters. The molecule has 1 fully saturated rings. The van der Waals surface area contributed by atoms with E-state index in [1.165, 1.54) is 11.1 Å². The highest BCUT2D eigenvalue weighted by Gasteiger charge is 2.29. The minimum atomic E-state index is 0. The lowest BCUT2D eigenvalue weighted by Crippen LogP contribution is -2.35. The van der Waals surface area contributed by atoms with Gasteiger partial charge in [-0.3, -0.25) is 0 Å². The Labute approximate surface area is 155 Å². The monoisotopic (exact) mass is 369 g/mol. The molecule has 1 aromatic carbocycles. The van der Waals surface area contributed by atoms with Crippen LogP contribution >= 0.6 is 24.8 Å². The largest absolute Gasteiger partial charge is 0.370 e. The van der Waals surface area contributed by atoms with Crippen LogP contribution < -0.4 is 16.8 Å².